The van der Waals surface area contributed by atoms with E-state index in [4.69, 9.17) is 5.26 Å². The van der Waals surface area contributed by atoms with Crippen molar-refractivity contribution in [1.29, 1.82) is 5.26 Å². The maximum Gasteiger partial charge on any atom is 0.140 e. The molecule has 0 aliphatic heterocycles. The van der Waals surface area contributed by atoms with Gasteiger partial charge in [-0.3, -0.25) is 0 Å². The highest BCUT2D eigenvalue weighted by atomic mass is 16.3. The van der Waals surface area contributed by atoms with Gasteiger partial charge in [-0.25, -0.2) is 4.98 Å². The van der Waals surface area contributed by atoms with E-state index < -0.39 is 0 Å². The summed E-state index contributed by atoms with van der Waals surface area (Å²) in [5.74, 6) is 0. The molecule has 1 atom stereocenters. The summed E-state index contributed by atoms with van der Waals surface area (Å²) in [5.41, 5.74) is 3.57. The summed E-state index contributed by atoms with van der Waals surface area (Å²) in [4.78, 5) is 4.00. The second-order valence-corrected chi connectivity index (χ2v) is 4.76. The molecule has 0 saturated heterocycles. The Labute approximate surface area is 118 Å². The van der Waals surface area contributed by atoms with Crippen LogP contribution in [0.25, 0.3) is 0 Å². The van der Waals surface area contributed by atoms with Crippen molar-refractivity contribution in [3.63, 3.8) is 0 Å². The molecule has 102 valence electrons. The number of hydrogen-bond donors (Lipinski definition) is 2. The van der Waals surface area contributed by atoms with Crippen molar-refractivity contribution < 1.29 is 5.11 Å². The van der Waals surface area contributed by atoms with Crippen molar-refractivity contribution >= 4 is 5.69 Å². The van der Waals surface area contributed by atoms with Crippen LogP contribution in [0.1, 0.15) is 16.8 Å². The van der Waals surface area contributed by atoms with Crippen LogP contribution in [0.3, 0.4) is 0 Å². The average molecular weight is 267 g/mol. The third-order valence-corrected chi connectivity index (χ3v) is 3.03. The Morgan fingerprint density at radius 3 is 2.80 bits per heavy atom. The largest absolute Gasteiger partial charge is 0.394 e. The summed E-state index contributed by atoms with van der Waals surface area (Å²) in [6.07, 6.45) is 2.34. The average Bonchev–Trinajstić information content (AvgIpc) is 2.47. The Balaban J connectivity index is 2.03. The first-order chi connectivity index (χ1) is 9.71. The predicted octanol–water partition coefficient (Wildman–Crippen LogP) is 2.28. The van der Waals surface area contributed by atoms with E-state index in [-0.39, 0.29) is 12.6 Å². The molecule has 0 aliphatic carbocycles. The summed E-state index contributed by atoms with van der Waals surface area (Å²) in [5, 5.41) is 21.4. The van der Waals surface area contributed by atoms with E-state index in [1.54, 1.807) is 18.3 Å². The predicted molar refractivity (Wildman–Crippen MR) is 78.3 cm³/mol. The van der Waals surface area contributed by atoms with Gasteiger partial charge in [0.05, 0.1) is 24.5 Å². The number of nitrogens with zero attached hydrogens (tertiary/aromatic N) is 2. The highest BCUT2D eigenvalue weighted by Crippen LogP contribution is 2.12. The minimum absolute atomic E-state index is 0.0357. The second-order valence-electron chi connectivity index (χ2n) is 4.76. The number of hydrogen-bond acceptors (Lipinski definition) is 4. The van der Waals surface area contributed by atoms with Crippen molar-refractivity contribution in [3.8, 4) is 6.07 Å². The number of benzene rings is 1. The van der Waals surface area contributed by atoms with Crippen LogP contribution in [0.5, 0.6) is 0 Å². The molecule has 4 heteroatoms. The highest BCUT2D eigenvalue weighted by Gasteiger charge is 2.09. The van der Waals surface area contributed by atoms with E-state index in [1.807, 2.05) is 18.2 Å². The van der Waals surface area contributed by atoms with Gasteiger partial charge in [0, 0.05) is 0 Å². The van der Waals surface area contributed by atoms with E-state index >= 15 is 0 Å². The molecule has 2 rings (SSSR count). The molecule has 20 heavy (non-hydrogen) atoms. The lowest BCUT2D eigenvalue weighted by Crippen LogP contribution is -2.26. The lowest BCUT2D eigenvalue weighted by atomic mass is 10.0. The molecule has 1 unspecified atom stereocenters. The first kappa shape index (κ1) is 14.0. The van der Waals surface area contributed by atoms with Crippen LogP contribution in [-0.4, -0.2) is 22.7 Å². The summed E-state index contributed by atoms with van der Waals surface area (Å²) >= 11 is 0. The molecule has 0 fully saturated rings. The van der Waals surface area contributed by atoms with Gasteiger partial charge in [0.2, 0.25) is 0 Å². The third kappa shape index (κ3) is 3.81. The van der Waals surface area contributed by atoms with E-state index in [1.165, 1.54) is 11.1 Å². The van der Waals surface area contributed by atoms with Crippen LogP contribution in [0.15, 0.2) is 42.6 Å². The van der Waals surface area contributed by atoms with Gasteiger partial charge in [-0.2, -0.15) is 5.26 Å². The Morgan fingerprint density at radius 2 is 2.20 bits per heavy atom. The Morgan fingerprint density at radius 1 is 1.35 bits per heavy atom. The van der Waals surface area contributed by atoms with Crippen LogP contribution in [0.2, 0.25) is 0 Å². The van der Waals surface area contributed by atoms with Gasteiger partial charge in [0.25, 0.3) is 0 Å². The number of pyridine rings is 1. The van der Waals surface area contributed by atoms with Crippen molar-refractivity contribution in [1.82, 2.24) is 4.98 Å². The smallest absolute Gasteiger partial charge is 0.140 e. The maximum atomic E-state index is 9.48. The van der Waals surface area contributed by atoms with Gasteiger partial charge in [0.1, 0.15) is 11.8 Å². The van der Waals surface area contributed by atoms with Gasteiger partial charge >= 0.3 is 0 Å². The number of rotatable bonds is 5. The number of anilines is 1. The molecule has 0 radical (unpaired) electrons. The minimum atomic E-state index is -0.0773. The number of aliphatic hydroxyl groups is 1. The minimum Gasteiger partial charge on any atom is -0.394 e. The maximum absolute atomic E-state index is 9.48. The molecule has 0 spiro atoms. The lowest BCUT2D eigenvalue weighted by molar-refractivity contribution is 0.273. The molecule has 1 heterocycles. The van der Waals surface area contributed by atoms with E-state index in [0.29, 0.717) is 5.69 Å². The van der Waals surface area contributed by atoms with Crippen molar-refractivity contribution in [3.05, 3.63) is 59.4 Å². The first-order valence-electron chi connectivity index (χ1n) is 6.50. The zero-order chi connectivity index (χ0) is 14.4. The van der Waals surface area contributed by atoms with Gasteiger partial charge in [-0.05, 0) is 31.0 Å². The summed E-state index contributed by atoms with van der Waals surface area (Å²) in [7, 11) is 0. The van der Waals surface area contributed by atoms with E-state index in [0.717, 1.165) is 12.1 Å². The van der Waals surface area contributed by atoms with Crippen LogP contribution in [-0.2, 0) is 6.42 Å². The number of nitriles is 1. The van der Waals surface area contributed by atoms with Crippen LogP contribution >= 0.6 is 0 Å². The van der Waals surface area contributed by atoms with Crippen LogP contribution in [0, 0.1) is 18.3 Å². The van der Waals surface area contributed by atoms with Crippen LogP contribution < -0.4 is 5.32 Å². The topological polar surface area (TPSA) is 68.9 Å². The van der Waals surface area contributed by atoms with Crippen molar-refractivity contribution in [2.45, 2.75) is 19.4 Å². The van der Waals surface area contributed by atoms with Gasteiger partial charge in [-0.1, -0.05) is 29.8 Å². The molecule has 0 bridgehead atoms. The standard InChI is InChI=1S/C16H17N3O/c1-12-3-2-4-13(7-12)8-16(11-20)19-15-6-5-14(9-17)18-10-15/h2-7,10,16,19-20H,8,11H2,1H3. The first-order valence-corrected chi connectivity index (χ1v) is 6.50. The zero-order valence-corrected chi connectivity index (χ0v) is 11.4. The summed E-state index contributed by atoms with van der Waals surface area (Å²) < 4.78 is 0. The molecule has 0 aliphatic rings. The van der Waals surface area contributed by atoms with Crippen molar-refractivity contribution in [2.75, 3.05) is 11.9 Å². The molecule has 1 aromatic carbocycles. The number of nitrogens with one attached hydrogen (secondary N) is 1. The number of aliphatic hydroxyl groups excluding tert-OH is 1. The number of aromatic nitrogens is 1. The quantitative estimate of drug-likeness (QED) is 0.872. The Bertz CT molecular complexity index is 602. The molecular weight excluding hydrogens is 250 g/mol. The SMILES string of the molecule is Cc1cccc(CC(CO)Nc2ccc(C#N)nc2)c1. The van der Waals surface area contributed by atoms with E-state index in [9.17, 15) is 5.11 Å². The van der Waals surface area contributed by atoms with Crippen molar-refractivity contribution in [2.24, 2.45) is 0 Å². The second kappa shape index (κ2) is 6.69. The fraction of sp³-hybridized carbons (Fsp3) is 0.250. The lowest BCUT2D eigenvalue weighted by Gasteiger charge is -2.17. The molecule has 0 saturated carbocycles. The molecular formula is C16H17N3O. The molecule has 2 aromatic rings. The molecule has 2 N–H and O–H groups in total. The monoisotopic (exact) mass is 267 g/mol. The highest BCUT2D eigenvalue weighted by molar-refractivity contribution is 5.44. The third-order valence-electron chi connectivity index (χ3n) is 3.03. The van der Waals surface area contributed by atoms with Gasteiger partial charge in [0.15, 0.2) is 0 Å². The summed E-state index contributed by atoms with van der Waals surface area (Å²) in [6, 6.07) is 13.6. The Kier molecular flexibility index (Phi) is 4.70. The fourth-order valence-electron chi connectivity index (χ4n) is 2.07. The summed E-state index contributed by atoms with van der Waals surface area (Å²) in [6.45, 7) is 2.09. The van der Waals surface area contributed by atoms with Gasteiger partial charge < -0.3 is 10.4 Å². The van der Waals surface area contributed by atoms with E-state index in [2.05, 4.69) is 29.4 Å². The number of aryl methyl sites for hydroxylation is 1. The Hall–Kier alpha value is -2.38. The molecule has 1 aromatic heterocycles. The van der Waals surface area contributed by atoms with Crippen LogP contribution in [0.4, 0.5) is 5.69 Å². The zero-order valence-electron chi connectivity index (χ0n) is 11.4. The normalized spacial score (nSPS) is 11.7. The molecule has 0 amide bonds. The fourth-order valence-corrected chi connectivity index (χ4v) is 2.07. The molecule has 4 nitrogen and oxygen atoms in total. The van der Waals surface area contributed by atoms with Gasteiger partial charge in [-0.15, -0.1) is 0 Å².